The highest BCUT2D eigenvalue weighted by molar-refractivity contribution is 4.82. The lowest BCUT2D eigenvalue weighted by atomic mass is 9.65. The Morgan fingerprint density at radius 1 is 0.826 bits per heavy atom. The van der Waals surface area contributed by atoms with Crippen LogP contribution in [0.4, 0.5) is 0 Å². The van der Waals surface area contributed by atoms with Crippen LogP contribution in [0, 0.1) is 17.3 Å². The van der Waals surface area contributed by atoms with E-state index in [-0.39, 0.29) is 0 Å². The molecule has 0 aromatic carbocycles. The third-order valence-corrected chi connectivity index (χ3v) is 6.59. The standard InChI is InChI=1S/C22H47N/c1-8-16-20(5)22(6,19(3)4)18-15-13-11-10-12-14-17-21(9-2)23-7/h19-21,23H,8-18H2,1-7H3. The van der Waals surface area contributed by atoms with E-state index < -0.39 is 0 Å². The van der Waals surface area contributed by atoms with Gasteiger partial charge >= 0.3 is 0 Å². The van der Waals surface area contributed by atoms with Crippen LogP contribution >= 0.6 is 0 Å². The summed E-state index contributed by atoms with van der Waals surface area (Å²) in [6.07, 6.45) is 15.3. The molecule has 0 spiro atoms. The molecular formula is C22H47N. The van der Waals surface area contributed by atoms with Crippen LogP contribution in [0.15, 0.2) is 0 Å². The summed E-state index contributed by atoms with van der Waals surface area (Å²) in [5.74, 6) is 1.66. The summed E-state index contributed by atoms with van der Waals surface area (Å²) >= 11 is 0. The summed E-state index contributed by atoms with van der Waals surface area (Å²) < 4.78 is 0. The average molecular weight is 326 g/mol. The molecule has 0 aromatic heterocycles. The fraction of sp³-hybridized carbons (Fsp3) is 1.00. The Balaban J connectivity index is 3.83. The van der Waals surface area contributed by atoms with Gasteiger partial charge < -0.3 is 5.32 Å². The molecule has 0 aliphatic carbocycles. The molecule has 0 aliphatic heterocycles. The topological polar surface area (TPSA) is 12.0 Å². The molecule has 140 valence electrons. The molecule has 0 saturated carbocycles. The first-order chi connectivity index (χ1) is 10.9. The van der Waals surface area contributed by atoms with Gasteiger partial charge in [0.2, 0.25) is 0 Å². The van der Waals surface area contributed by atoms with E-state index in [0.717, 1.165) is 17.9 Å². The third-order valence-electron chi connectivity index (χ3n) is 6.59. The minimum Gasteiger partial charge on any atom is -0.317 e. The minimum absolute atomic E-state index is 0.539. The Hall–Kier alpha value is -0.0400. The van der Waals surface area contributed by atoms with Gasteiger partial charge in [-0.1, -0.05) is 92.9 Å². The van der Waals surface area contributed by atoms with Crippen molar-refractivity contribution in [2.75, 3.05) is 7.05 Å². The van der Waals surface area contributed by atoms with Gasteiger partial charge in [-0.3, -0.25) is 0 Å². The summed E-state index contributed by atoms with van der Waals surface area (Å²) in [5.41, 5.74) is 0.539. The number of hydrogen-bond acceptors (Lipinski definition) is 1. The van der Waals surface area contributed by atoms with Crippen LogP contribution in [0.1, 0.15) is 112 Å². The predicted molar refractivity (Wildman–Crippen MR) is 107 cm³/mol. The maximum Gasteiger partial charge on any atom is 0.00614 e. The van der Waals surface area contributed by atoms with E-state index >= 15 is 0 Å². The zero-order valence-electron chi connectivity index (χ0n) is 17.5. The monoisotopic (exact) mass is 325 g/mol. The zero-order valence-corrected chi connectivity index (χ0v) is 17.5. The molecule has 0 heterocycles. The molecule has 0 aromatic rings. The van der Waals surface area contributed by atoms with Gasteiger partial charge in [-0.2, -0.15) is 0 Å². The van der Waals surface area contributed by atoms with Gasteiger partial charge in [0.1, 0.15) is 0 Å². The van der Waals surface area contributed by atoms with E-state index in [9.17, 15) is 0 Å². The van der Waals surface area contributed by atoms with E-state index in [1.807, 2.05) is 0 Å². The predicted octanol–water partition coefficient (Wildman–Crippen LogP) is 7.20. The highest BCUT2D eigenvalue weighted by atomic mass is 14.9. The van der Waals surface area contributed by atoms with Crippen LogP contribution in [0.25, 0.3) is 0 Å². The van der Waals surface area contributed by atoms with E-state index in [2.05, 4.69) is 53.9 Å². The molecule has 0 saturated heterocycles. The second-order valence-electron chi connectivity index (χ2n) is 8.40. The quantitative estimate of drug-likeness (QED) is 0.314. The normalized spacial score (nSPS) is 17.2. The average Bonchev–Trinajstić information content (AvgIpc) is 2.53. The molecule has 0 aliphatic rings. The first kappa shape index (κ1) is 23.0. The van der Waals surface area contributed by atoms with Crippen molar-refractivity contribution in [1.82, 2.24) is 5.32 Å². The van der Waals surface area contributed by atoms with Crippen LogP contribution in [-0.2, 0) is 0 Å². The first-order valence-corrected chi connectivity index (χ1v) is 10.6. The fourth-order valence-electron chi connectivity index (χ4n) is 4.02. The highest BCUT2D eigenvalue weighted by Crippen LogP contribution is 2.42. The molecule has 1 nitrogen and oxygen atoms in total. The van der Waals surface area contributed by atoms with E-state index in [0.29, 0.717) is 5.41 Å². The van der Waals surface area contributed by atoms with Crippen molar-refractivity contribution in [2.24, 2.45) is 17.3 Å². The molecule has 3 unspecified atom stereocenters. The van der Waals surface area contributed by atoms with E-state index in [1.54, 1.807) is 0 Å². The van der Waals surface area contributed by atoms with Gasteiger partial charge in [0.05, 0.1) is 0 Å². The van der Waals surface area contributed by atoms with Crippen molar-refractivity contribution >= 4 is 0 Å². The molecule has 0 radical (unpaired) electrons. The van der Waals surface area contributed by atoms with Crippen LogP contribution in [0.2, 0.25) is 0 Å². The Labute approximate surface area is 148 Å². The zero-order chi connectivity index (χ0) is 17.7. The lowest BCUT2D eigenvalue weighted by Crippen LogP contribution is -2.31. The maximum atomic E-state index is 3.41. The second kappa shape index (κ2) is 13.3. The van der Waals surface area contributed by atoms with Gasteiger partial charge in [-0.15, -0.1) is 0 Å². The first-order valence-electron chi connectivity index (χ1n) is 10.6. The van der Waals surface area contributed by atoms with Crippen molar-refractivity contribution < 1.29 is 0 Å². The SMILES string of the molecule is CCCC(C)C(C)(CCCCCCCCC(CC)NC)C(C)C. The van der Waals surface area contributed by atoms with E-state index in [1.165, 1.54) is 70.6 Å². The molecule has 0 rings (SSSR count). The maximum absolute atomic E-state index is 3.41. The van der Waals surface area contributed by atoms with E-state index in [4.69, 9.17) is 0 Å². The molecule has 1 heteroatoms. The fourth-order valence-corrected chi connectivity index (χ4v) is 4.02. The summed E-state index contributed by atoms with van der Waals surface area (Å²) in [5, 5.41) is 3.41. The molecule has 0 bridgehead atoms. The van der Waals surface area contributed by atoms with Crippen molar-refractivity contribution in [3.05, 3.63) is 0 Å². The number of nitrogens with one attached hydrogen (secondary N) is 1. The van der Waals surface area contributed by atoms with Gasteiger partial charge in [-0.05, 0) is 43.6 Å². The molecule has 3 atom stereocenters. The largest absolute Gasteiger partial charge is 0.317 e. The Bertz CT molecular complexity index is 257. The molecule has 0 amide bonds. The minimum atomic E-state index is 0.539. The lowest BCUT2D eigenvalue weighted by molar-refractivity contribution is 0.1000. The summed E-state index contributed by atoms with van der Waals surface area (Å²) in [6, 6.07) is 0.738. The van der Waals surface area contributed by atoms with Crippen LogP contribution in [0.3, 0.4) is 0 Å². The molecular weight excluding hydrogens is 278 g/mol. The number of unbranched alkanes of at least 4 members (excludes halogenated alkanes) is 5. The summed E-state index contributed by atoms with van der Waals surface area (Å²) in [6.45, 7) is 14.5. The van der Waals surface area contributed by atoms with Gasteiger partial charge in [0.25, 0.3) is 0 Å². The summed E-state index contributed by atoms with van der Waals surface area (Å²) in [7, 11) is 2.10. The third kappa shape index (κ3) is 9.13. The number of rotatable bonds is 15. The van der Waals surface area contributed by atoms with Crippen molar-refractivity contribution in [2.45, 2.75) is 118 Å². The van der Waals surface area contributed by atoms with Crippen molar-refractivity contribution in [1.29, 1.82) is 0 Å². The van der Waals surface area contributed by atoms with Crippen molar-refractivity contribution in [3.8, 4) is 0 Å². The van der Waals surface area contributed by atoms with Crippen LogP contribution in [0.5, 0.6) is 0 Å². The molecule has 23 heavy (non-hydrogen) atoms. The van der Waals surface area contributed by atoms with Gasteiger partial charge in [-0.25, -0.2) is 0 Å². The smallest absolute Gasteiger partial charge is 0.00614 e. The van der Waals surface area contributed by atoms with Crippen LogP contribution in [-0.4, -0.2) is 13.1 Å². The summed E-state index contributed by atoms with van der Waals surface area (Å²) in [4.78, 5) is 0. The Morgan fingerprint density at radius 2 is 1.39 bits per heavy atom. The van der Waals surface area contributed by atoms with Gasteiger partial charge in [0, 0.05) is 6.04 Å². The molecule has 0 fully saturated rings. The number of hydrogen-bond donors (Lipinski definition) is 1. The highest BCUT2D eigenvalue weighted by Gasteiger charge is 2.32. The Kier molecular flexibility index (Phi) is 13.3. The molecule has 1 N–H and O–H groups in total. The van der Waals surface area contributed by atoms with Crippen molar-refractivity contribution in [3.63, 3.8) is 0 Å². The second-order valence-corrected chi connectivity index (χ2v) is 8.40. The van der Waals surface area contributed by atoms with Crippen LogP contribution < -0.4 is 5.32 Å². The lowest BCUT2D eigenvalue weighted by Gasteiger charge is -2.40. The van der Waals surface area contributed by atoms with Gasteiger partial charge in [0.15, 0.2) is 0 Å². The Morgan fingerprint density at radius 3 is 1.87 bits per heavy atom.